The van der Waals surface area contributed by atoms with E-state index < -0.39 is 0 Å². The highest BCUT2D eigenvalue weighted by molar-refractivity contribution is 5.69. The smallest absolute Gasteiger partial charge is 0.306 e. The van der Waals surface area contributed by atoms with Crippen LogP contribution in [0.1, 0.15) is 239 Å². The maximum atomic E-state index is 13.1. The summed E-state index contributed by atoms with van der Waals surface area (Å²) >= 11 is 0. The van der Waals surface area contributed by atoms with Gasteiger partial charge in [-0.05, 0) is 90.6 Å². The lowest BCUT2D eigenvalue weighted by atomic mass is 10.0. The van der Waals surface area contributed by atoms with Crippen LogP contribution >= 0.6 is 0 Å². The third-order valence-corrected chi connectivity index (χ3v) is 11.1. The van der Waals surface area contributed by atoms with Gasteiger partial charge in [-0.1, -0.05) is 149 Å². The summed E-state index contributed by atoms with van der Waals surface area (Å²) in [6.45, 7) is 9.48. The summed E-state index contributed by atoms with van der Waals surface area (Å²) < 4.78 is 12.6. The Morgan fingerprint density at radius 1 is 0.593 bits per heavy atom. The van der Waals surface area contributed by atoms with Gasteiger partial charge in [0.2, 0.25) is 0 Å². The molecule has 7 nitrogen and oxygen atoms in total. The van der Waals surface area contributed by atoms with E-state index in [4.69, 9.17) is 9.47 Å². The standard InChI is InChI=1S/C47H94N2O5/c1-5-8-11-14-17-18-19-22-32-43-53-46(37-26-23-31-41-50)48-44(34-29-30-39-49(4)40-42-51)33-27-28-38-47(52)54-45(35-24-20-15-12-9-6-2)36-25-21-16-13-10-7-3/h41,44-46,48,51H,5-40,42-43H2,1-4H3. The molecule has 0 fully saturated rings. The van der Waals surface area contributed by atoms with Crippen LogP contribution in [0, 0.1) is 0 Å². The summed E-state index contributed by atoms with van der Waals surface area (Å²) in [7, 11) is 2.08. The van der Waals surface area contributed by atoms with E-state index in [0.717, 1.165) is 109 Å². The van der Waals surface area contributed by atoms with Crippen LogP contribution in [0.2, 0.25) is 0 Å². The number of ether oxygens (including phenoxy) is 2. The number of esters is 1. The zero-order chi connectivity index (χ0) is 39.6. The molecule has 0 aromatic rings. The molecular weight excluding hydrogens is 673 g/mol. The molecule has 0 heterocycles. The zero-order valence-corrected chi connectivity index (χ0v) is 36.7. The predicted octanol–water partition coefficient (Wildman–Crippen LogP) is 12.6. The molecule has 0 spiro atoms. The maximum absolute atomic E-state index is 13.1. The molecular formula is C47H94N2O5. The Kier molecular flexibility index (Phi) is 42.3. The Balaban J connectivity index is 5.04. The summed E-state index contributed by atoms with van der Waals surface area (Å²) in [6, 6.07) is 0.330. The van der Waals surface area contributed by atoms with Gasteiger partial charge in [-0.3, -0.25) is 10.1 Å². The van der Waals surface area contributed by atoms with Gasteiger partial charge in [-0.2, -0.15) is 0 Å². The number of aldehydes is 1. The van der Waals surface area contributed by atoms with Crippen molar-refractivity contribution >= 4 is 12.3 Å². The molecule has 0 amide bonds. The Morgan fingerprint density at radius 2 is 1.07 bits per heavy atom. The molecule has 7 heteroatoms. The van der Waals surface area contributed by atoms with Gasteiger partial charge in [0.05, 0.1) is 6.61 Å². The monoisotopic (exact) mass is 767 g/mol. The number of nitrogens with zero attached hydrogens (tertiary/aromatic N) is 1. The lowest BCUT2D eigenvalue weighted by Gasteiger charge is -2.27. The van der Waals surface area contributed by atoms with E-state index >= 15 is 0 Å². The van der Waals surface area contributed by atoms with Crippen molar-refractivity contribution in [2.45, 2.75) is 257 Å². The normalized spacial score (nSPS) is 12.9. The van der Waals surface area contributed by atoms with Crippen molar-refractivity contribution in [2.75, 3.05) is 33.4 Å². The van der Waals surface area contributed by atoms with Crippen LogP contribution in [-0.2, 0) is 19.1 Å². The number of unbranched alkanes of at least 4 members (excludes halogenated alkanes) is 22. The Labute approximate surface area is 336 Å². The summed E-state index contributed by atoms with van der Waals surface area (Å²) in [4.78, 5) is 26.3. The van der Waals surface area contributed by atoms with Crippen LogP contribution < -0.4 is 5.32 Å². The fourth-order valence-corrected chi connectivity index (χ4v) is 7.51. The number of nitrogens with one attached hydrogen (secondary N) is 1. The van der Waals surface area contributed by atoms with Crippen LogP contribution in [0.4, 0.5) is 0 Å². The van der Waals surface area contributed by atoms with Crippen LogP contribution in [-0.4, -0.2) is 74.0 Å². The number of aliphatic hydroxyl groups excluding tert-OH is 1. The molecule has 2 unspecified atom stereocenters. The first-order valence-electron chi connectivity index (χ1n) is 23.8. The van der Waals surface area contributed by atoms with Gasteiger partial charge in [-0.25, -0.2) is 0 Å². The van der Waals surface area contributed by atoms with Crippen molar-refractivity contribution in [1.82, 2.24) is 10.2 Å². The second-order valence-electron chi connectivity index (χ2n) is 16.5. The SMILES string of the molecule is CCCCCCCCCCCOC(CCCCC=O)NC(CCCCC(=O)OC(CCCCCCCC)CCCCCCCC)CCCCN(C)CCO. The van der Waals surface area contributed by atoms with Crippen LogP contribution in [0.25, 0.3) is 0 Å². The topological polar surface area (TPSA) is 88.1 Å². The van der Waals surface area contributed by atoms with E-state index in [1.54, 1.807) is 0 Å². The second-order valence-corrected chi connectivity index (χ2v) is 16.5. The van der Waals surface area contributed by atoms with Crippen molar-refractivity contribution in [3.05, 3.63) is 0 Å². The fourth-order valence-electron chi connectivity index (χ4n) is 7.51. The summed E-state index contributed by atoms with van der Waals surface area (Å²) in [5, 5.41) is 13.2. The van der Waals surface area contributed by atoms with Crippen molar-refractivity contribution in [1.29, 1.82) is 0 Å². The molecule has 0 aromatic carbocycles. The van der Waals surface area contributed by atoms with Gasteiger partial charge in [0, 0.05) is 32.0 Å². The molecule has 0 saturated heterocycles. The number of hydrogen-bond acceptors (Lipinski definition) is 7. The van der Waals surface area contributed by atoms with E-state index in [9.17, 15) is 14.7 Å². The largest absolute Gasteiger partial charge is 0.462 e. The quantitative estimate of drug-likeness (QED) is 0.0276. The number of carbonyl (C=O) groups excluding carboxylic acids is 2. The van der Waals surface area contributed by atoms with E-state index in [1.807, 2.05) is 0 Å². The van der Waals surface area contributed by atoms with Crippen molar-refractivity contribution in [2.24, 2.45) is 0 Å². The number of aliphatic hydroxyl groups is 1. The molecule has 0 aliphatic heterocycles. The second kappa shape index (κ2) is 43.1. The van der Waals surface area contributed by atoms with E-state index in [2.05, 4.69) is 38.0 Å². The van der Waals surface area contributed by atoms with E-state index in [0.29, 0.717) is 25.4 Å². The van der Waals surface area contributed by atoms with Gasteiger partial charge in [0.25, 0.3) is 0 Å². The minimum Gasteiger partial charge on any atom is -0.462 e. The molecule has 0 rings (SSSR count). The van der Waals surface area contributed by atoms with Crippen LogP contribution in [0.15, 0.2) is 0 Å². The molecule has 2 atom stereocenters. The number of rotatable bonds is 45. The highest BCUT2D eigenvalue weighted by Gasteiger charge is 2.18. The average molecular weight is 767 g/mol. The van der Waals surface area contributed by atoms with Gasteiger partial charge in [0.15, 0.2) is 0 Å². The molecule has 0 radical (unpaired) electrons. The molecule has 0 aromatic heterocycles. The lowest BCUT2D eigenvalue weighted by Crippen LogP contribution is -2.40. The lowest BCUT2D eigenvalue weighted by molar-refractivity contribution is -0.150. The minimum absolute atomic E-state index is 0.00225. The molecule has 0 aliphatic carbocycles. The number of likely N-dealkylation sites (N-methyl/N-ethyl adjacent to an activating group) is 1. The van der Waals surface area contributed by atoms with Crippen molar-refractivity contribution in [3.8, 4) is 0 Å². The zero-order valence-electron chi connectivity index (χ0n) is 36.7. The number of hydrogen-bond donors (Lipinski definition) is 2. The summed E-state index contributed by atoms with van der Waals surface area (Å²) in [5.74, 6) is -0.00857. The summed E-state index contributed by atoms with van der Waals surface area (Å²) in [5.41, 5.74) is 0. The molecule has 0 bridgehead atoms. The maximum Gasteiger partial charge on any atom is 0.306 e. The average Bonchev–Trinajstić information content (AvgIpc) is 3.16. The Morgan fingerprint density at radius 3 is 1.61 bits per heavy atom. The highest BCUT2D eigenvalue weighted by atomic mass is 16.5. The molecule has 0 saturated carbocycles. The van der Waals surface area contributed by atoms with Gasteiger partial charge < -0.3 is 24.3 Å². The predicted molar refractivity (Wildman–Crippen MR) is 231 cm³/mol. The fraction of sp³-hybridized carbons (Fsp3) is 0.957. The van der Waals surface area contributed by atoms with Crippen LogP contribution in [0.3, 0.4) is 0 Å². The summed E-state index contributed by atoms with van der Waals surface area (Å²) in [6.07, 6.45) is 40.2. The Bertz CT molecular complexity index is 752. The van der Waals surface area contributed by atoms with Crippen molar-refractivity contribution in [3.63, 3.8) is 0 Å². The highest BCUT2D eigenvalue weighted by Crippen LogP contribution is 2.19. The molecule has 2 N–H and O–H groups in total. The first kappa shape index (κ1) is 53.0. The van der Waals surface area contributed by atoms with Gasteiger partial charge in [-0.15, -0.1) is 0 Å². The van der Waals surface area contributed by atoms with E-state index in [-0.39, 0.29) is 24.9 Å². The molecule has 54 heavy (non-hydrogen) atoms. The third-order valence-electron chi connectivity index (χ3n) is 11.1. The third kappa shape index (κ3) is 37.9. The van der Waals surface area contributed by atoms with Crippen LogP contribution in [0.5, 0.6) is 0 Å². The first-order valence-corrected chi connectivity index (χ1v) is 23.8. The number of carbonyl (C=O) groups is 2. The van der Waals surface area contributed by atoms with Gasteiger partial charge in [0.1, 0.15) is 18.6 Å². The molecule has 0 aliphatic rings. The van der Waals surface area contributed by atoms with E-state index in [1.165, 1.54) is 116 Å². The van der Waals surface area contributed by atoms with Gasteiger partial charge >= 0.3 is 5.97 Å². The first-order chi connectivity index (χ1) is 26.5. The van der Waals surface area contributed by atoms with Crippen molar-refractivity contribution < 1.29 is 24.2 Å². The Hall–Kier alpha value is -1.02. The minimum atomic E-state index is -0.00857. The molecule has 322 valence electrons.